The first kappa shape index (κ1) is 14.1. The molecule has 2 fully saturated rings. The van der Waals surface area contributed by atoms with E-state index in [0.29, 0.717) is 23.1 Å². The van der Waals surface area contributed by atoms with Gasteiger partial charge < -0.3 is 14.6 Å². The number of fused-ring (bicyclic) bond motifs is 1. The van der Waals surface area contributed by atoms with E-state index in [9.17, 15) is 9.59 Å². The van der Waals surface area contributed by atoms with Crippen molar-refractivity contribution in [1.29, 1.82) is 0 Å². The molecule has 2 aliphatic rings. The predicted octanol–water partition coefficient (Wildman–Crippen LogP) is -0.0888. The summed E-state index contributed by atoms with van der Waals surface area (Å²) >= 11 is 0. The van der Waals surface area contributed by atoms with Crippen LogP contribution in [0.2, 0.25) is 0 Å². The number of nitrogens with zero attached hydrogens (tertiary/aromatic N) is 3. The van der Waals surface area contributed by atoms with Crippen LogP contribution in [-0.2, 0) is 4.74 Å². The number of aryl methyl sites for hydroxylation is 1. The Labute approximate surface area is 131 Å². The highest BCUT2D eigenvalue weighted by molar-refractivity contribution is 5.64. The first-order valence-electron chi connectivity index (χ1n) is 7.61. The molecule has 0 aliphatic carbocycles. The van der Waals surface area contributed by atoms with Crippen molar-refractivity contribution in [2.24, 2.45) is 11.8 Å². The molecule has 0 radical (unpaired) electrons. The molecule has 2 saturated heterocycles. The van der Waals surface area contributed by atoms with E-state index in [1.165, 1.54) is 6.20 Å². The SMILES string of the molecule is Cc1nnc(-c2c[nH]c(=O)[nH]c2=O)cc1N1C[C@H]2COC[C@H]2C1. The molecule has 4 heterocycles. The van der Waals surface area contributed by atoms with E-state index in [1.54, 1.807) is 0 Å². The van der Waals surface area contributed by atoms with Gasteiger partial charge in [-0.25, -0.2) is 4.79 Å². The van der Waals surface area contributed by atoms with Crippen LogP contribution in [0.15, 0.2) is 21.9 Å². The number of anilines is 1. The summed E-state index contributed by atoms with van der Waals surface area (Å²) in [4.78, 5) is 30.1. The van der Waals surface area contributed by atoms with Crippen LogP contribution in [0.25, 0.3) is 11.3 Å². The van der Waals surface area contributed by atoms with E-state index < -0.39 is 11.2 Å². The molecule has 8 heteroatoms. The van der Waals surface area contributed by atoms with E-state index in [1.807, 2.05) is 13.0 Å². The van der Waals surface area contributed by atoms with Gasteiger partial charge in [-0.1, -0.05) is 0 Å². The van der Waals surface area contributed by atoms with Crippen molar-refractivity contribution in [2.45, 2.75) is 6.92 Å². The molecule has 0 aromatic carbocycles. The maximum atomic E-state index is 11.9. The van der Waals surface area contributed by atoms with Crippen molar-refractivity contribution in [3.8, 4) is 11.3 Å². The van der Waals surface area contributed by atoms with Gasteiger partial charge >= 0.3 is 5.69 Å². The summed E-state index contributed by atoms with van der Waals surface area (Å²) in [6.07, 6.45) is 1.37. The van der Waals surface area contributed by atoms with Gasteiger partial charge in [0, 0.05) is 31.1 Å². The lowest BCUT2D eigenvalue weighted by Gasteiger charge is -2.21. The van der Waals surface area contributed by atoms with Crippen molar-refractivity contribution >= 4 is 5.69 Å². The molecule has 0 amide bonds. The van der Waals surface area contributed by atoms with Crippen LogP contribution in [0.3, 0.4) is 0 Å². The standard InChI is InChI=1S/C15H17N5O3/c1-8-13(20-4-9-6-23-7-10(9)5-20)2-12(19-18-8)11-3-16-15(22)17-14(11)21/h2-3,9-10H,4-7H2,1H3,(H2,16,17,21,22)/t9-,10+. The summed E-state index contributed by atoms with van der Waals surface area (Å²) in [6.45, 7) is 5.39. The molecule has 0 bridgehead atoms. The minimum absolute atomic E-state index is 0.307. The zero-order chi connectivity index (χ0) is 16.0. The second-order valence-corrected chi connectivity index (χ2v) is 6.15. The first-order chi connectivity index (χ1) is 11.1. The summed E-state index contributed by atoms with van der Waals surface area (Å²) < 4.78 is 5.51. The van der Waals surface area contributed by atoms with Crippen LogP contribution in [-0.4, -0.2) is 46.5 Å². The fourth-order valence-electron chi connectivity index (χ4n) is 3.38. The fraction of sp³-hybridized carbons (Fsp3) is 0.467. The number of hydrogen-bond donors (Lipinski definition) is 2. The molecular formula is C15H17N5O3. The van der Waals surface area contributed by atoms with Crippen LogP contribution >= 0.6 is 0 Å². The van der Waals surface area contributed by atoms with Crippen molar-refractivity contribution in [3.63, 3.8) is 0 Å². The molecule has 4 rings (SSSR count). The molecule has 2 aliphatic heterocycles. The van der Waals surface area contributed by atoms with E-state index in [-0.39, 0.29) is 0 Å². The first-order valence-corrected chi connectivity index (χ1v) is 7.61. The molecule has 120 valence electrons. The lowest BCUT2D eigenvalue weighted by atomic mass is 10.0. The lowest BCUT2D eigenvalue weighted by Crippen LogP contribution is -2.25. The highest BCUT2D eigenvalue weighted by Crippen LogP contribution is 2.34. The van der Waals surface area contributed by atoms with E-state index in [4.69, 9.17) is 4.74 Å². The molecule has 0 unspecified atom stereocenters. The molecule has 2 atom stereocenters. The van der Waals surface area contributed by atoms with Crippen molar-refractivity contribution in [1.82, 2.24) is 20.2 Å². The van der Waals surface area contributed by atoms with Crippen molar-refractivity contribution in [2.75, 3.05) is 31.2 Å². The third-order valence-corrected chi connectivity index (χ3v) is 4.63. The van der Waals surface area contributed by atoms with Gasteiger partial charge in [-0.15, -0.1) is 5.10 Å². The summed E-state index contributed by atoms with van der Waals surface area (Å²) in [5.74, 6) is 1.12. The Kier molecular flexibility index (Phi) is 3.26. The topological polar surface area (TPSA) is 104 Å². The van der Waals surface area contributed by atoms with Gasteiger partial charge in [0.1, 0.15) is 5.69 Å². The normalized spacial score (nSPS) is 23.3. The molecular weight excluding hydrogens is 298 g/mol. The summed E-state index contributed by atoms with van der Waals surface area (Å²) in [5, 5.41) is 8.29. The number of rotatable bonds is 2. The quantitative estimate of drug-likeness (QED) is 0.803. The van der Waals surface area contributed by atoms with E-state index in [2.05, 4.69) is 25.1 Å². The number of nitrogens with one attached hydrogen (secondary N) is 2. The highest BCUT2D eigenvalue weighted by atomic mass is 16.5. The minimum Gasteiger partial charge on any atom is -0.381 e. The molecule has 0 spiro atoms. The van der Waals surface area contributed by atoms with Gasteiger partial charge in [-0.2, -0.15) is 5.10 Å². The summed E-state index contributed by atoms with van der Waals surface area (Å²) in [5.41, 5.74) is 1.57. The zero-order valence-corrected chi connectivity index (χ0v) is 12.7. The van der Waals surface area contributed by atoms with Crippen LogP contribution in [0.4, 0.5) is 5.69 Å². The van der Waals surface area contributed by atoms with E-state index >= 15 is 0 Å². The van der Waals surface area contributed by atoms with Crippen molar-refractivity contribution < 1.29 is 4.74 Å². The Morgan fingerprint density at radius 3 is 2.65 bits per heavy atom. The molecule has 23 heavy (non-hydrogen) atoms. The Morgan fingerprint density at radius 2 is 1.96 bits per heavy atom. The number of aromatic nitrogens is 4. The Morgan fingerprint density at radius 1 is 1.22 bits per heavy atom. The molecule has 2 N–H and O–H groups in total. The van der Waals surface area contributed by atoms with Gasteiger partial charge in [0.15, 0.2) is 0 Å². The zero-order valence-electron chi connectivity index (χ0n) is 12.7. The smallest absolute Gasteiger partial charge is 0.325 e. The molecule has 2 aromatic rings. The summed E-state index contributed by atoms with van der Waals surface area (Å²) in [7, 11) is 0. The van der Waals surface area contributed by atoms with Gasteiger partial charge in [0.05, 0.1) is 30.2 Å². The van der Waals surface area contributed by atoms with Crippen LogP contribution in [0, 0.1) is 18.8 Å². The van der Waals surface area contributed by atoms with Crippen LogP contribution < -0.4 is 16.1 Å². The van der Waals surface area contributed by atoms with Crippen LogP contribution in [0.5, 0.6) is 0 Å². The highest BCUT2D eigenvalue weighted by Gasteiger charge is 2.37. The predicted molar refractivity (Wildman–Crippen MR) is 83.5 cm³/mol. The average molecular weight is 315 g/mol. The second-order valence-electron chi connectivity index (χ2n) is 6.15. The lowest BCUT2D eigenvalue weighted by molar-refractivity contribution is 0.177. The van der Waals surface area contributed by atoms with Gasteiger partial charge in [0.2, 0.25) is 0 Å². The average Bonchev–Trinajstić information content (AvgIpc) is 3.09. The van der Waals surface area contributed by atoms with Gasteiger partial charge in [0.25, 0.3) is 5.56 Å². The van der Waals surface area contributed by atoms with E-state index in [0.717, 1.165) is 37.7 Å². The fourth-order valence-corrected chi connectivity index (χ4v) is 3.38. The Bertz CT molecular complexity index is 847. The number of hydrogen-bond acceptors (Lipinski definition) is 6. The summed E-state index contributed by atoms with van der Waals surface area (Å²) in [6, 6.07) is 1.87. The second kappa shape index (κ2) is 5.31. The number of aromatic amines is 2. The molecule has 2 aromatic heterocycles. The van der Waals surface area contributed by atoms with Crippen LogP contribution in [0.1, 0.15) is 5.69 Å². The maximum Gasteiger partial charge on any atom is 0.325 e. The minimum atomic E-state index is -0.536. The van der Waals surface area contributed by atoms with Gasteiger partial charge in [-0.3, -0.25) is 9.78 Å². The maximum absolute atomic E-state index is 11.9. The third-order valence-electron chi connectivity index (χ3n) is 4.63. The van der Waals surface area contributed by atoms with Gasteiger partial charge in [-0.05, 0) is 13.0 Å². The molecule has 0 saturated carbocycles. The third kappa shape index (κ3) is 2.44. The Balaban J connectivity index is 1.71. The number of H-pyrrole nitrogens is 2. The Hall–Kier alpha value is -2.48. The monoisotopic (exact) mass is 315 g/mol. The van der Waals surface area contributed by atoms with Crippen molar-refractivity contribution in [3.05, 3.63) is 38.8 Å². The number of ether oxygens (including phenoxy) is 1. The molecule has 8 nitrogen and oxygen atoms in total. The largest absolute Gasteiger partial charge is 0.381 e.